The van der Waals surface area contributed by atoms with Crippen molar-refractivity contribution in [2.75, 3.05) is 28.6 Å². The fraction of sp³-hybridized carbons (Fsp3) is 0.304. The first-order valence-electron chi connectivity index (χ1n) is 10.6. The van der Waals surface area contributed by atoms with Crippen molar-refractivity contribution in [1.82, 2.24) is 15.0 Å². The molecule has 0 saturated carbocycles. The average Bonchev–Trinajstić information content (AvgIpc) is 2.80. The van der Waals surface area contributed by atoms with Crippen LogP contribution in [-0.2, 0) is 6.18 Å². The van der Waals surface area contributed by atoms with Gasteiger partial charge in [-0.2, -0.15) is 18.2 Å². The molecule has 3 aromatic rings. The van der Waals surface area contributed by atoms with Crippen LogP contribution in [-0.4, -0.2) is 33.9 Å². The van der Waals surface area contributed by atoms with E-state index in [9.17, 15) is 18.0 Å². The van der Waals surface area contributed by atoms with Gasteiger partial charge in [0.1, 0.15) is 11.5 Å². The largest absolute Gasteiger partial charge is 0.433 e. The van der Waals surface area contributed by atoms with E-state index in [2.05, 4.69) is 30.5 Å². The van der Waals surface area contributed by atoms with Crippen molar-refractivity contribution in [3.05, 3.63) is 65.6 Å². The monoisotopic (exact) mass is 456 g/mol. The lowest BCUT2D eigenvalue weighted by Gasteiger charge is -2.28. The Labute approximate surface area is 189 Å². The van der Waals surface area contributed by atoms with E-state index in [1.165, 1.54) is 6.42 Å². The summed E-state index contributed by atoms with van der Waals surface area (Å²) < 4.78 is 37.9. The quantitative estimate of drug-likeness (QED) is 0.550. The number of benzene rings is 1. The first-order chi connectivity index (χ1) is 15.8. The molecule has 0 unspecified atom stereocenters. The van der Waals surface area contributed by atoms with Crippen molar-refractivity contribution in [2.24, 2.45) is 0 Å². The summed E-state index contributed by atoms with van der Waals surface area (Å²) in [7, 11) is 0. The second kappa shape index (κ2) is 9.43. The number of aryl methyl sites for hydroxylation is 1. The van der Waals surface area contributed by atoms with Gasteiger partial charge in [0.15, 0.2) is 0 Å². The number of nitrogens with zero attached hydrogens (tertiary/aromatic N) is 4. The molecule has 2 aromatic heterocycles. The van der Waals surface area contributed by atoms with E-state index < -0.39 is 17.8 Å². The van der Waals surface area contributed by atoms with Crippen LogP contribution in [0.2, 0.25) is 0 Å². The molecule has 0 atom stereocenters. The van der Waals surface area contributed by atoms with Crippen molar-refractivity contribution < 1.29 is 18.0 Å². The van der Waals surface area contributed by atoms with Gasteiger partial charge in [-0.1, -0.05) is 0 Å². The van der Waals surface area contributed by atoms with Crippen molar-refractivity contribution in [1.29, 1.82) is 0 Å². The van der Waals surface area contributed by atoms with Gasteiger partial charge in [0.25, 0.3) is 5.91 Å². The molecule has 1 fully saturated rings. The molecular weight excluding hydrogens is 433 g/mol. The number of pyridine rings is 1. The Morgan fingerprint density at radius 1 is 0.970 bits per heavy atom. The van der Waals surface area contributed by atoms with Gasteiger partial charge in [-0.15, -0.1) is 0 Å². The highest BCUT2D eigenvalue weighted by Gasteiger charge is 2.32. The Kier molecular flexibility index (Phi) is 6.43. The molecule has 1 aliphatic heterocycles. The van der Waals surface area contributed by atoms with Gasteiger partial charge in [-0.05, 0) is 62.6 Å². The molecule has 0 radical (unpaired) electrons. The number of aromatic nitrogens is 3. The van der Waals surface area contributed by atoms with Crippen molar-refractivity contribution >= 4 is 29.0 Å². The van der Waals surface area contributed by atoms with Crippen LogP contribution in [0.1, 0.15) is 41.0 Å². The third-order valence-corrected chi connectivity index (χ3v) is 5.24. The third-order valence-electron chi connectivity index (χ3n) is 5.24. The van der Waals surface area contributed by atoms with E-state index in [0.717, 1.165) is 61.5 Å². The lowest BCUT2D eigenvalue weighted by Crippen LogP contribution is -2.30. The highest BCUT2D eigenvalue weighted by molar-refractivity contribution is 6.04. The number of rotatable bonds is 5. The topological polar surface area (TPSA) is 83.0 Å². The predicted molar refractivity (Wildman–Crippen MR) is 120 cm³/mol. The van der Waals surface area contributed by atoms with Crippen LogP contribution < -0.4 is 15.5 Å². The summed E-state index contributed by atoms with van der Waals surface area (Å²) in [6.45, 7) is 3.90. The zero-order chi connectivity index (χ0) is 23.4. The first kappa shape index (κ1) is 22.5. The molecule has 1 amide bonds. The second-order valence-corrected chi connectivity index (χ2v) is 7.83. The predicted octanol–water partition coefficient (Wildman–Crippen LogP) is 5.19. The van der Waals surface area contributed by atoms with Crippen molar-refractivity contribution in [3.8, 4) is 0 Å². The van der Waals surface area contributed by atoms with E-state index in [0.29, 0.717) is 11.6 Å². The third kappa shape index (κ3) is 5.76. The number of nitrogens with one attached hydrogen (secondary N) is 2. The fourth-order valence-corrected chi connectivity index (χ4v) is 3.56. The Bertz CT molecular complexity index is 1110. The van der Waals surface area contributed by atoms with Gasteiger partial charge < -0.3 is 15.5 Å². The van der Waals surface area contributed by atoms with Gasteiger partial charge in [0, 0.05) is 42.4 Å². The number of anilines is 4. The van der Waals surface area contributed by atoms with Crippen LogP contribution in [0.5, 0.6) is 0 Å². The Morgan fingerprint density at radius 3 is 2.30 bits per heavy atom. The van der Waals surface area contributed by atoms with Gasteiger partial charge in [0.05, 0.1) is 5.56 Å². The summed E-state index contributed by atoms with van der Waals surface area (Å²) in [5, 5.41) is 5.82. The number of hydrogen-bond donors (Lipinski definition) is 2. The normalized spacial score (nSPS) is 14.1. The molecule has 172 valence electrons. The molecule has 7 nitrogen and oxygen atoms in total. The Balaban J connectivity index is 1.40. The molecular formula is C23H23F3N6O. The van der Waals surface area contributed by atoms with Gasteiger partial charge >= 0.3 is 6.18 Å². The summed E-state index contributed by atoms with van der Waals surface area (Å²) in [4.78, 5) is 27.0. The second-order valence-electron chi connectivity index (χ2n) is 7.83. The average molecular weight is 456 g/mol. The van der Waals surface area contributed by atoms with Gasteiger partial charge in [-0.25, -0.2) is 4.98 Å². The summed E-state index contributed by atoms with van der Waals surface area (Å²) >= 11 is 0. The zero-order valence-electron chi connectivity index (χ0n) is 18.0. The SMILES string of the molecule is Cc1cc(N2CCCCC2)nc(Nc2ccc(NC(=O)c3ccc(C(F)(F)F)nc3)cc2)n1. The van der Waals surface area contributed by atoms with Crippen LogP contribution in [0.4, 0.5) is 36.3 Å². The maximum atomic E-state index is 12.6. The number of amides is 1. The highest BCUT2D eigenvalue weighted by atomic mass is 19.4. The number of halogens is 3. The maximum absolute atomic E-state index is 12.6. The van der Waals surface area contributed by atoms with E-state index in [1.54, 1.807) is 24.3 Å². The van der Waals surface area contributed by atoms with Gasteiger partial charge in [0.2, 0.25) is 5.95 Å². The van der Waals surface area contributed by atoms with Crippen LogP contribution in [0.25, 0.3) is 0 Å². The van der Waals surface area contributed by atoms with E-state index in [-0.39, 0.29) is 5.56 Å². The maximum Gasteiger partial charge on any atom is 0.433 e. The molecule has 0 bridgehead atoms. The molecule has 0 spiro atoms. The standard InChI is InChI=1S/C23H23F3N6O/c1-15-13-20(32-11-3-2-4-12-32)31-22(28-15)30-18-8-6-17(7-9-18)29-21(33)16-5-10-19(27-14-16)23(24,25)26/h5-10,13-14H,2-4,11-12H2,1H3,(H,29,33)(H,28,30,31). The molecule has 33 heavy (non-hydrogen) atoms. The number of hydrogen-bond acceptors (Lipinski definition) is 6. The summed E-state index contributed by atoms with van der Waals surface area (Å²) in [5.74, 6) is 0.840. The summed E-state index contributed by atoms with van der Waals surface area (Å²) in [5.41, 5.74) is 1.08. The van der Waals surface area contributed by atoms with Crippen LogP contribution in [0.3, 0.4) is 0 Å². The van der Waals surface area contributed by atoms with Crippen LogP contribution in [0.15, 0.2) is 48.7 Å². The van der Waals surface area contributed by atoms with Crippen LogP contribution in [0, 0.1) is 6.92 Å². The lowest BCUT2D eigenvalue weighted by atomic mass is 10.1. The molecule has 2 N–H and O–H groups in total. The minimum absolute atomic E-state index is 0.0311. The van der Waals surface area contributed by atoms with E-state index in [4.69, 9.17) is 0 Å². The molecule has 1 aromatic carbocycles. The smallest absolute Gasteiger partial charge is 0.356 e. The molecule has 3 heterocycles. The fourth-order valence-electron chi connectivity index (χ4n) is 3.56. The highest BCUT2D eigenvalue weighted by Crippen LogP contribution is 2.27. The molecule has 1 aliphatic rings. The van der Waals surface area contributed by atoms with E-state index in [1.807, 2.05) is 13.0 Å². The summed E-state index contributed by atoms with van der Waals surface area (Å²) in [6.07, 6.45) is -0.0938. The first-order valence-corrected chi connectivity index (χ1v) is 10.6. The minimum Gasteiger partial charge on any atom is -0.356 e. The number of carbonyl (C=O) groups excluding carboxylic acids is 1. The summed E-state index contributed by atoms with van der Waals surface area (Å²) in [6, 6.07) is 10.7. The number of piperidine rings is 1. The lowest BCUT2D eigenvalue weighted by molar-refractivity contribution is -0.141. The Morgan fingerprint density at radius 2 is 1.67 bits per heavy atom. The molecule has 0 aliphatic carbocycles. The van der Waals surface area contributed by atoms with E-state index >= 15 is 0 Å². The molecule has 10 heteroatoms. The van der Waals surface area contributed by atoms with Crippen LogP contribution >= 0.6 is 0 Å². The minimum atomic E-state index is -4.55. The number of carbonyl (C=O) groups is 1. The number of alkyl halides is 3. The van der Waals surface area contributed by atoms with Gasteiger partial charge in [-0.3, -0.25) is 9.78 Å². The zero-order valence-corrected chi connectivity index (χ0v) is 18.0. The van der Waals surface area contributed by atoms with Crippen molar-refractivity contribution in [3.63, 3.8) is 0 Å². The molecule has 4 rings (SSSR count). The molecule has 1 saturated heterocycles. The Hall–Kier alpha value is -3.69. The van der Waals surface area contributed by atoms with Crippen molar-refractivity contribution in [2.45, 2.75) is 32.4 Å².